The molecular formula is C18H22N4O4. The first-order chi connectivity index (χ1) is 12.6. The zero-order valence-corrected chi connectivity index (χ0v) is 14.9. The third-order valence-electron chi connectivity index (χ3n) is 3.87. The van der Waals surface area contributed by atoms with E-state index in [0.717, 1.165) is 0 Å². The molecular weight excluding hydrogens is 336 g/mol. The van der Waals surface area contributed by atoms with Gasteiger partial charge in [-0.05, 0) is 19.1 Å². The number of amides is 2. The number of anilines is 1. The molecule has 26 heavy (non-hydrogen) atoms. The molecule has 8 heteroatoms. The minimum absolute atomic E-state index is 0.0134. The minimum Gasteiger partial charge on any atom is -0.495 e. The number of para-hydroxylation sites is 2. The summed E-state index contributed by atoms with van der Waals surface area (Å²) < 4.78 is 10.2. The number of hydrogen-bond acceptors (Lipinski definition) is 6. The molecule has 0 atom stereocenters. The van der Waals surface area contributed by atoms with Gasteiger partial charge in [0.2, 0.25) is 0 Å². The highest BCUT2D eigenvalue weighted by molar-refractivity contribution is 6.07. The van der Waals surface area contributed by atoms with Crippen LogP contribution in [0.15, 0.2) is 36.0 Å². The summed E-state index contributed by atoms with van der Waals surface area (Å²) in [5.41, 5.74) is 0.480. The normalized spacial score (nSPS) is 14.4. The summed E-state index contributed by atoms with van der Waals surface area (Å²) in [6.45, 7) is 4.08. The van der Waals surface area contributed by atoms with Crippen molar-refractivity contribution < 1.29 is 19.1 Å². The minimum atomic E-state index is -0.509. The third kappa shape index (κ3) is 4.89. The molecule has 1 aromatic rings. The van der Waals surface area contributed by atoms with E-state index in [4.69, 9.17) is 9.47 Å². The van der Waals surface area contributed by atoms with E-state index in [0.29, 0.717) is 44.2 Å². The molecule has 1 aliphatic rings. The molecule has 2 amide bonds. The summed E-state index contributed by atoms with van der Waals surface area (Å²) in [7, 11) is 1.51. The van der Waals surface area contributed by atoms with Gasteiger partial charge in [-0.3, -0.25) is 4.79 Å². The molecule has 1 saturated heterocycles. The Morgan fingerprint density at radius 2 is 1.96 bits per heavy atom. The van der Waals surface area contributed by atoms with Crippen LogP contribution in [0.5, 0.6) is 5.75 Å². The Hall–Kier alpha value is -3.21. The molecule has 8 nitrogen and oxygen atoms in total. The van der Waals surface area contributed by atoms with Crippen LogP contribution in [0, 0.1) is 11.3 Å². The number of methoxy groups -OCH3 is 1. The second-order valence-corrected chi connectivity index (χ2v) is 5.53. The molecule has 1 heterocycles. The molecule has 1 fully saturated rings. The number of nitrogens with zero attached hydrogens (tertiary/aromatic N) is 3. The van der Waals surface area contributed by atoms with E-state index in [9.17, 15) is 14.9 Å². The molecule has 0 aliphatic carbocycles. The number of rotatable bonds is 5. The van der Waals surface area contributed by atoms with E-state index in [1.807, 2.05) is 11.0 Å². The molecule has 1 aromatic carbocycles. The van der Waals surface area contributed by atoms with Gasteiger partial charge in [0.15, 0.2) is 0 Å². The first-order valence-electron chi connectivity index (χ1n) is 8.31. The monoisotopic (exact) mass is 358 g/mol. The smallest absolute Gasteiger partial charge is 0.409 e. The number of carbonyl (C=O) groups is 2. The maximum atomic E-state index is 12.4. The van der Waals surface area contributed by atoms with Crippen LogP contribution >= 0.6 is 0 Å². The summed E-state index contributed by atoms with van der Waals surface area (Å²) in [6, 6.07) is 8.90. The Bertz CT molecular complexity index is 718. The molecule has 1 N–H and O–H groups in total. The zero-order valence-electron chi connectivity index (χ0n) is 14.9. The van der Waals surface area contributed by atoms with Gasteiger partial charge in [0.1, 0.15) is 17.4 Å². The summed E-state index contributed by atoms with van der Waals surface area (Å²) in [6.07, 6.45) is 1.18. The zero-order chi connectivity index (χ0) is 18.9. The van der Waals surface area contributed by atoms with E-state index in [-0.39, 0.29) is 11.7 Å². The van der Waals surface area contributed by atoms with Gasteiger partial charge in [0, 0.05) is 32.4 Å². The van der Waals surface area contributed by atoms with Crippen LogP contribution < -0.4 is 10.1 Å². The average Bonchev–Trinajstić information content (AvgIpc) is 2.67. The Morgan fingerprint density at radius 1 is 1.27 bits per heavy atom. The standard InChI is InChI=1S/C18H22N4O4/c1-3-26-18(24)22-10-8-21(9-11-22)13-14(12-19)17(23)20-15-6-4-5-7-16(15)25-2/h4-7,13H,3,8-11H2,1-2H3,(H,20,23)/b14-13-. The number of hydrogen-bond donors (Lipinski definition) is 1. The lowest BCUT2D eigenvalue weighted by molar-refractivity contribution is -0.112. The summed E-state index contributed by atoms with van der Waals surface area (Å²) in [4.78, 5) is 27.5. The van der Waals surface area contributed by atoms with Gasteiger partial charge in [-0.1, -0.05) is 12.1 Å². The van der Waals surface area contributed by atoms with Crippen molar-refractivity contribution in [3.05, 3.63) is 36.0 Å². The van der Waals surface area contributed by atoms with Crippen LogP contribution in [0.2, 0.25) is 0 Å². The molecule has 0 unspecified atom stereocenters. The van der Waals surface area contributed by atoms with Crippen molar-refractivity contribution in [1.29, 1.82) is 5.26 Å². The maximum Gasteiger partial charge on any atom is 0.409 e. The molecule has 0 bridgehead atoms. The van der Waals surface area contributed by atoms with Crippen LogP contribution in [0.1, 0.15) is 6.92 Å². The molecule has 0 aromatic heterocycles. The molecule has 2 rings (SSSR count). The highest BCUT2D eigenvalue weighted by Gasteiger charge is 2.21. The van der Waals surface area contributed by atoms with E-state index in [1.165, 1.54) is 13.3 Å². The van der Waals surface area contributed by atoms with Crippen molar-refractivity contribution in [2.75, 3.05) is 45.2 Å². The van der Waals surface area contributed by atoms with Crippen LogP contribution in [-0.4, -0.2) is 61.7 Å². The largest absolute Gasteiger partial charge is 0.495 e. The molecule has 0 saturated carbocycles. The topological polar surface area (TPSA) is 94.9 Å². The fourth-order valence-electron chi connectivity index (χ4n) is 2.51. The van der Waals surface area contributed by atoms with Crippen LogP contribution in [0.4, 0.5) is 10.5 Å². The Balaban J connectivity index is 1.99. The van der Waals surface area contributed by atoms with E-state index in [2.05, 4.69) is 5.32 Å². The van der Waals surface area contributed by atoms with Gasteiger partial charge in [-0.15, -0.1) is 0 Å². The molecule has 138 valence electrons. The fraction of sp³-hybridized carbons (Fsp3) is 0.389. The highest BCUT2D eigenvalue weighted by Crippen LogP contribution is 2.23. The lowest BCUT2D eigenvalue weighted by atomic mass is 10.2. The van der Waals surface area contributed by atoms with E-state index < -0.39 is 5.91 Å². The SMILES string of the molecule is CCOC(=O)N1CCN(/C=C(/C#N)C(=O)Nc2ccccc2OC)CC1. The Kier molecular flexibility index (Phi) is 6.85. The number of nitrogens with one attached hydrogen (secondary N) is 1. The fourth-order valence-corrected chi connectivity index (χ4v) is 2.51. The Morgan fingerprint density at radius 3 is 2.58 bits per heavy atom. The molecule has 0 radical (unpaired) electrons. The lowest BCUT2D eigenvalue weighted by Gasteiger charge is -2.33. The van der Waals surface area contributed by atoms with Crippen molar-refractivity contribution in [1.82, 2.24) is 9.80 Å². The van der Waals surface area contributed by atoms with Gasteiger partial charge in [0.25, 0.3) is 5.91 Å². The second-order valence-electron chi connectivity index (χ2n) is 5.53. The first kappa shape index (κ1) is 19.1. The second kappa shape index (κ2) is 9.32. The lowest BCUT2D eigenvalue weighted by Crippen LogP contribution is -2.47. The predicted molar refractivity (Wildman–Crippen MR) is 95.5 cm³/mol. The third-order valence-corrected chi connectivity index (χ3v) is 3.87. The molecule has 0 spiro atoms. The van der Waals surface area contributed by atoms with Crippen molar-refractivity contribution in [2.24, 2.45) is 0 Å². The summed E-state index contributed by atoms with van der Waals surface area (Å²) in [5.74, 6) is 0.00557. The quantitative estimate of drug-likeness (QED) is 0.637. The van der Waals surface area contributed by atoms with Crippen molar-refractivity contribution in [3.8, 4) is 11.8 Å². The van der Waals surface area contributed by atoms with Gasteiger partial charge in [0.05, 0.1) is 19.4 Å². The van der Waals surface area contributed by atoms with Crippen LogP contribution in [0.25, 0.3) is 0 Å². The van der Waals surface area contributed by atoms with Crippen LogP contribution in [0.3, 0.4) is 0 Å². The van der Waals surface area contributed by atoms with E-state index in [1.54, 1.807) is 36.1 Å². The first-order valence-corrected chi connectivity index (χ1v) is 8.31. The average molecular weight is 358 g/mol. The summed E-state index contributed by atoms with van der Waals surface area (Å²) in [5, 5.41) is 12.0. The van der Waals surface area contributed by atoms with Gasteiger partial charge in [-0.25, -0.2) is 4.79 Å². The molecule has 1 aliphatic heterocycles. The van der Waals surface area contributed by atoms with Crippen molar-refractivity contribution >= 4 is 17.7 Å². The number of ether oxygens (including phenoxy) is 2. The van der Waals surface area contributed by atoms with Gasteiger partial charge < -0.3 is 24.6 Å². The van der Waals surface area contributed by atoms with E-state index >= 15 is 0 Å². The van der Waals surface area contributed by atoms with Gasteiger partial charge >= 0.3 is 6.09 Å². The summed E-state index contributed by atoms with van der Waals surface area (Å²) >= 11 is 0. The number of carbonyl (C=O) groups excluding carboxylic acids is 2. The van der Waals surface area contributed by atoms with Crippen molar-refractivity contribution in [3.63, 3.8) is 0 Å². The number of nitriles is 1. The number of benzene rings is 1. The number of piperazine rings is 1. The van der Waals surface area contributed by atoms with Gasteiger partial charge in [-0.2, -0.15) is 5.26 Å². The van der Waals surface area contributed by atoms with Crippen molar-refractivity contribution in [2.45, 2.75) is 6.92 Å². The predicted octanol–water partition coefficient (Wildman–Crippen LogP) is 1.82. The van der Waals surface area contributed by atoms with Crippen LogP contribution in [-0.2, 0) is 9.53 Å². The Labute approximate surface area is 152 Å². The maximum absolute atomic E-state index is 12.4. The highest BCUT2D eigenvalue weighted by atomic mass is 16.6.